The summed E-state index contributed by atoms with van der Waals surface area (Å²) in [7, 11) is -3.06. The van der Waals surface area contributed by atoms with Gasteiger partial charge in [0.25, 0.3) is 0 Å². The SMILES string of the molecule is CCCCS(=O)(=O)c1ccc(CBr)cc1. The van der Waals surface area contributed by atoms with Crippen molar-refractivity contribution in [3.8, 4) is 0 Å². The molecular weight excluding hydrogens is 276 g/mol. The predicted molar refractivity (Wildman–Crippen MR) is 66.0 cm³/mol. The van der Waals surface area contributed by atoms with Crippen molar-refractivity contribution in [3.63, 3.8) is 0 Å². The third-order valence-electron chi connectivity index (χ3n) is 2.20. The van der Waals surface area contributed by atoms with Crippen molar-refractivity contribution in [1.82, 2.24) is 0 Å². The average Bonchev–Trinajstić information content (AvgIpc) is 2.26. The molecule has 0 bridgehead atoms. The van der Waals surface area contributed by atoms with E-state index < -0.39 is 9.84 Å². The van der Waals surface area contributed by atoms with E-state index in [1.54, 1.807) is 12.1 Å². The minimum atomic E-state index is -3.06. The Labute approximate surface area is 99.7 Å². The van der Waals surface area contributed by atoms with Crippen molar-refractivity contribution in [1.29, 1.82) is 0 Å². The number of rotatable bonds is 5. The Bertz CT molecular complexity index is 395. The fourth-order valence-corrected chi connectivity index (χ4v) is 3.07. The molecule has 0 aromatic heterocycles. The van der Waals surface area contributed by atoms with E-state index in [0.717, 1.165) is 23.7 Å². The smallest absolute Gasteiger partial charge is 0.178 e. The Morgan fingerprint density at radius 2 is 1.80 bits per heavy atom. The highest BCUT2D eigenvalue weighted by Gasteiger charge is 2.12. The Morgan fingerprint density at radius 1 is 1.20 bits per heavy atom. The highest BCUT2D eigenvalue weighted by Crippen LogP contribution is 2.15. The van der Waals surface area contributed by atoms with E-state index in [0.29, 0.717) is 4.90 Å². The number of halogens is 1. The summed E-state index contributed by atoms with van der Waals surface area (Å²) in [6, 6.07) is 7.05. The molecule has 1 aromatic rings. The lowest BCUT2D eigenvalue weighted by Crippen LogP contribution is -2.06. The normalized spacial score (nSPS) is 11.6. The quantitative estimate of drug-likeness (QED) is 0.781. The van der Waals surface area contributed by atoms with Crippen LogP contribution in [0.1, 0.15) is 25.3 Å². The van der Waals surface area contributed by atoms with Gasteiger partial charge in [-0.15, -0.1) is 0 Å². The van der Waals surface area contributed by atoms with Gasteiger partial charge in [-0.1, -0.05) is 41.4 Å². The van der Waals surface area contributed by atoms with Crippen molar-refractivity contribution in [2.24, 2.45) is 0 Å². The van der Waals surface area contributed by atoms with E-state index in [1.165, 1.54) is 0 Å². The fraction of sp³-hybridized carbons (Fsp3) is 0.455. The molecule has 0 spiro atoms. The molecule has 0 saturated carbocycles. The van der Waals surface area contributed by atoms with E-state index in [-0.39, 0.29) is 5.75 Å². The molecule has 0 amide bonds. The first-order valence-electron chi connectivity index (χ1n) is 4.98. The van der Waals surface area contributed by atoms with Crippen LogP contribution in [0.4, 0.5) is 0 Å². The molecule has 0 aliphatic carbocycles. The fourth-order valence-electron chi connectivity index (χ4n) is 1.24. The Hall–Kier alpha value is -0.350. The summed E-state index contributed by atoms with van der Waals surface area (Å²) >= 11 is 3.32. The Kier molecular flexibility index (Phi) is 4.80. The third kappa shape index (κ3) is 3.61. The lowest BCUT2D eigenvalue weighted by molar-refractivity contribution is 0.592. The maximum absolute atomic E-state index is 11.8. The van der Waals surface area contributed by atoms with Crippen LogP contribution in [0, 0.1) is 0 Å². The molecule has 0 N–H and O–H groups in total. The van der Waals surface area contributed by atoms with Crippen molar-refractivity contribution in [2.45, 2.75) is 30.0 Å². The molecule has 1 aromatic carbocycles. The van der Waals surface area contributed by atoms with Crippen LogP contribution in [0.15, 0.2) is 29.2 Å². The van der Waals surface area contributed by atoms with Gasteiger partial charge in [-0.05, 0) is 24.1 Å². The van der Waals surface area contributed by atoms with E-state index in [1.807, 2.05) is 19.1 Å². The van der Waals surface area contributed by atoms with Gasteiger partial charge < -0.3 is 0 Å². The van der Waals surface area contributed by atoms with Crippen LogP contribution in [0.25, 0.3) is 0 Å². The molecule has 1 rings (SSSR count). The summed E-state index contributed by atoms with van der Waals surface area (Å²) in [6.07, 6.45) is 1.63. The monoisotopic (exact) mass is 290 g/mol. The van der Waals surface area contributed by atoms with Gasteiger partial charge in [0, 0.05) is 5.33 Å². The van der Waals surface area contributed by atoms with Gasteiger partial charge >= 0.3 is 0 Å². The highest BCUT2D eigenvalue weighted by atomic mass is 79.9. The van der Waals surface area contributed by atoms with Crippen molar-refractivity contribution < 1.29 is 8.42 Å². The molecule has 2 nitrogen and oxygen atoms in total. The van der Waals surface area contributed by atoms with Gasteiger partial charge in [-0.2, -0.15) is 0 Å². The van der Waals surface area contributed by atoms with Crippen LogP contribution in [-0.4, -0.2) is 14.2 Å². The average molecular weight is 291 g/mol. The number of benzene rings is 1. The first-order valence-corrected chi connectivity index (χ1v) is 7.75. The van der Waals surface area contributed by atoms with Crippen molar-refractivity contribution in [3.05, 3.63) is 29.8 Å². The van der Waals surface area contributed by atoms with Gasteiger partial charge in [0.15, 0.2) is 9.84 Å². The maximum Gasteiger partial charge on any atom is 0.178 e. The molecule has 0 saturated heterocycles. The number of hydrogen-bond donors (Lipinski definition) is 0. The zero-order valence-corrected chi connectivity index (χ0v) is 11.1. The van der Waals surface area contributed by atoms with Crippen molar-refractivity contribution in [2.75, 3.05) is 5.75 Å². The zero-order valence-electron chi connectivity index (χ0n) is 8.74. The lowest BCUT2D eigenvalue weighted by Gasteiger charge is -2.04. The zero-order chi connectivity index (χ0) is 11.3. The Morgan fingerprint density at radius 3 is 2.27 bits per heavy atom. The summed E-state index contributed by atoms with van der Waals surface area (Å²) in [5.41, 5.74) is 1.09. The summed E-state index contributed by atoms with van der Waals surface area (Å²) < 4.78 is 23.6. The molecular formula is C11H15BrO2S. The van der Waals surface area contributed by atoms with Gasteiger partial charge in [0.05, 0.1) is 10.6 Å². The topological polar surface area (TPSA) is 34.1 Å². The molecule has 0 radical (unpaired) electrons. The first-order chi connectivity index (χ1) is 7.10. The molecule has 15 heavy (non-hydrogen) atoms. The van der Waals surface area contributed by atoms with Gasteiger partial charge in [0.2, 0.25) is 0 Å². The second-order valence-corrected chi connectivity index (χ2v) is 6.12. The van der Waals surface area contributed by atoms with Crippen LogP contribution in [-0.2, 0) is 15.2 Å². The minimum absolute atomic E-state index is 0.247. The molecule has 0 aliphatic rings. The largest absolute Gasteiger partial charge is 0.224 e. The van der Waals surface area contributed by atoms with Crippen molar-refractivity contribution >= 4 is 25.8 Å². The molecule has 0 aliphatic heterocycles. The van der Waals surface area contributed by atoms with Crippen LogP contribution < -0.4 is 0 Å². The molecule has 0 fully saturated rings. The van der Waals surface area contributed by atoms with Crippen LogP contribution >= 0.6 is 15.9 Å². The van der Waals surface area contributed by atoms with Gasteiger partial charge in [0.1, 0.15) is 0 Å². The summed E-state index contributed by atoms with van der Waals surface area (Å²) in [5.74, 6) is 0.247. The highest BCUT2D eigenvalue weighted by molar-refractivity contribution is 9.08. The van der Waals surface area contributed by atoms with Gasteiger partial charge in [-0.3, -0.25) is 0 Å². The molecule has 0 atom stereocenters. The van der Waals surface area contributed by atoms with Crippen LogP contribution in [0.2, 0.25) is 0 Å². The summed E-state index contributed by atoms with van der Waals surface area (Å²) in [6.45, 7) is 1.99. The van der Waals surface area contributed by atoms with Gasteiger partial charge in [-0.25, -0.2) is 8.42 Å². The van der Waals surface area contributed by atoms with Crippen LogP contribution in [0.3, 0.4) is 0 Å². The van der Waals surface area contributed by atoms with E-state index in [2.05, 4.69) is 15.9 Å². The standard InChI is InChI=1S/C11H15BrO2S/c1-2-3-8-15(13,14)11-6-4-10(9-12)5-7-11/h4-7H,2-3,8-9H2,1H3. The molecule has 84 valence electrons. The lowest BCUT2D eigenvalue weighted by atomic mass is 10.2. The summed E-state index contributed by atoms with van der Waals surface area (Å²) in [5, 5.41) is 0.752. The van der Waals surface area contributed by atoms with E-state index in [9.17, 15) is 8.42 Å². The molecule has 0 heterocycles. The number of unbranched alkanes of at least 4 members (excludes halogenated alkanes) is 1. The second-order valence-electron chi connectivity index (χ2n) is 3.45. The predicted octanol–water partition coefficient (Wildman–Crippen LogP) is 3.16. The maximum atomic E-state index is 11.8. The third-order valence-corrected chi connectivity index (χ3v) is 4.67. The molecule has 4 heteroatoms. The number of sulfone groups is 1. The minimum Gasteiger partial charge on any atom is -0.224 e. The number of alkyl halides is 1. The number of hydrogen-bond acceptors (Lipinski definition) is 2. The summed E-state index contributed by atoms with van der Waals surface area (Å²) in [4.78, 5) is 0.431. The van der Waals surface area contributed by atoms with E-state index >= 15 is 0 Å². The van der Waals surface area contributed by atoms with Crippen LogP contribution in [0.5, 0.6) is 0 Å². The van der Waals surface area contributed by atoms with E-state index in [4.69, 9.17) is 0 Å². The first kappa shape index (κ1) is 12.7. The Balaban J connectivity index is 2.86. The second kappa shape index (κ2) is 5.66. The molecule has 0 unspecified atom stereocenters.